The summed E-state index contributed by atoms with van der Waals surface area (Å²) in [4.78, 5) is 13.5. The van der Waals surface area contributed by atoms with Crippen LogP contribution < -0.4 is 10.6 Å². The summed E-state index contributed by atoms with van der Waals surface area (Å²) >= 11 is 6.88. The smallest absolute Gasteiger partial charge is 0.341 e. The SMILES string of the molecule is COC(=O)c1c(NC(=S)NCc2ccccc2F)sc2c1CCC(C)C2. The van der Waals surface area contributed by atoms with Crippen molar-refractivity contribution in [2.45, 2.75) is 32.7 Å². The van der Waals surface area contributed by atoms with Gasteiger partial charge in [-0.1, -0.05) is 25.1 Å². The summed E-state index contributed by atoms with van der Waals surface area (Å²) in [5, 5.41) is 7.15. The molecular weight excluding hydrogens is 371 g/mol. The summed E-state index contributed by atoms with van der Waals surface area (Å²) in [5.41, 5.74) is 2.18. The Hall–Kier alpha value is -1.99. The fraction of sp³-hybridized carbons (Fsp3) is 0.368. The summed E-state index contributed by atoms with van der Waals surface area (Å²) in [6, 6.07) is 6.54. The lowest BCUT2D eigenvalue weighted by Gasteiger charge is -2.18. The summed E-state index contributed by atoms with van der Waals surface area (Å²) in [7, 11) is 1.39. The third-order valence-electron chi connectivity index (χ3n) is 4.53. The van der Waals surface area contributed by atoms with Crippen LogP contribution in [0.1, 0.15) is 39.7 Å². The molecule has 1 aliphatic rings. The van der Waals surface area contributed by atoms with Gasteiger partial charge in [-0.2, -0.15) is 0 Å². The van der Waals surface area contributed by atoms with E-state index in [1.807, 2.05) is 0 Å². The normalized spacial score (nSPS) is 15.9. The standard InChI is InChI=1S/C19H21FN2O2S2/c1-11-7-8-13-15(9-11)26-17(16(13)18(23)24-2)22-19(25)21-10-12-5-3-4-6-14(12)20/h3-6,11H,7-10H2,1-2H3,(H2,21,22,25). The summed E-state index contributed by atoms with van der Waals surface area (Å²) in [6.07, 6.45) is 2.89. The minimum absolute atomic E-state index is 0.272. The highest BCUT2D eigenvalue weighted by Crippen LogP contribution is 2.40. The van der Waals surface area contributed by atoms with E-state index in [0.29, 0.717) is 27.2 Å². The van der Waals surface area contributed by atoms with Crippen LogP contribution in [0.4, 0.5) is 9.39 Å². The quantitative estimate of drug-likeness (QED) is 0.601. The zero-order valence-electron chi connectivity index (χ0n) is 14.7. The number of thiophene rings is 1. The molecule has 1 aromatic heterocycles. The van der Waals surface area contributed by atoms with Gasteiger partial charge in [-0.3, -0.25) is 0 Å². The molecule has 0 fully saturated rings. The highest BCUT2D eigenvalue weighted by Gasteiger charge is 2.28. The number of carbonyl (C=O) groups is 1. The first kappa shape index (κ1) is 18.8. The number of benzene rings is 1. The third kappa shape index (κ3) is 4.04. The Morgan fingerprint density at radius 3 is 2.92 bits per heavy atom. The van der Waals surface area contributed by atoms with E-state index in [1.54, 1.807) is 29.5 Å². The van der Waals surface area contributed by atoms with Crippen molar-refractivity contribution >= 4 is 39.6 Å². The van der Waals surface area contributed by atoms with Gasteiger partial charge >= 0.3 is 5.97 Å². The van der Waals surface area contributed by atoms with Crippen LogP contribution in [0.25, 0.3) is 0 Å². The number of esters is 1. The van der Waals surface area contributed by atoms with Crippen molar-refractivity contribution in [2.24, 2.45) is 5.92 Å². The molecule has 138 valence electrons. The number of anilines is 1. The molecule has 1 heterocycles. The Morgan fingerprint density at radius 2 is 2.19 bits per heavy atom. The monoisotopic (exact) mass is 392 g/mol. The molecule has 4 nitrogen and oxygen atoms in total. The maximum absolute atomic E-state index is 13.7. The summed E-state index contributed by atoms with van der Waals surface area (Å²) in [5.74, 6) is -0.0271. The lowest BCUT2D eigenvalue weighted by atomic mass is 9.88. The molecule has 7 heteroatoms. The van der Waals surface area contributed by atoms with Crippen LogP contribution in [0.3, 0.4) is 0 Å². The van der Waals surface area contributed by atoms with Crippen molar-refractivity contribution in [1.29, 1.82) is 0 Å². The number of carbonyl (C=O) groups excluding carboxylic acids is 1. The van der Waals surface area contributed by atoms with E-state index in [4.69, 9.17) is 17.0 Å². The van der Waals surface area contributed by atoms with Gasteiger partial charge in [-0.15, -0.1) is 11.3 Å². The van der Waals surface area contributed by atoms with Crippen LogP contribution >= 0.6 is 23.6 Å². The number of nitrogens with one attached hydrogen (secondary N) is 2. The van der Waals surface area contributed by atoms with Crippen LogP contribution in [0.5, 0.6) is 0 Å². The van der Waals surface area contributed by atoms with E-state index in [1.165, 1.54) is 18.1 Å². The van der Waals surface area contributed by atoms with Gasteiger partial charge < -0.3 is 15.4 Å². The molecule has 0 saturated heterocycles. The van der Waals surface area contributed by atoms with E-state index in [0.717, 1.165) is 24.8 Å². The van der Waals surface area contributed by atoms with Gasteiger partial charge in [0.1, 0.15) is 10.8 Å². The van der Waals surface area contributed by atoms with Gasteiger partial charge in [0.25, 0.3) is 0 Å². The molecule has 3 rings (SSSR count). The lowest BCUT2D eigenvalue weighted by Crippen LogP contribution is -2.28. The Labute approximate surface area is 161 Å². The Balaban J connectivity index is 1.75. The van der Waals surface area contributed by atoms with Gasteiger partial charge in [-0.05, 0) is 49.0 Å². The number of rotatable bonds is 4. The van der Waals surface area contributed by atoms with E-state index in [2.05, 4.69) is 17.6 Å². The fourth-order valence-electron chi connectivity index (χ4n) is 3.12. The first-order valence-corrected chi connectivity index (χ1v) is 9.73. The minimum atomic E-state index is -0.351. The van der Waals surface area contributed by atoms with Crippen molar-refractivity contribution < 1.29 is 13.9 Å². The van der Waals surface area contributed by atoms with E-state index < -0.39 is 0 Å². The van der Waals surface area contributed by atoms with Crippen LogP contribution in [0.2, 0.25) is 0 Å². The highest BCUT2D eigenvalue weighted by atomic mass is 32.1. The topological polar surface area (TPSA) is 50.4 Å². The molecule has 2 N–H and O–H groups in total. The molecule has 1 aromatic carbocycles. The Morgan fingerprint density at radius 1 is 1.42 bits per heavy atom. The number of hydrogen-bond acceptors (Lipinski definition) is 4. The van der Waals surface area contributed by atoms with Crippen molar-refractivity contribution in [3.8, 4) is 0 Å². The predicted molar refractivity (Wildman–Crippen MR) is 106 cm³/mol. The van der Waals surface area contributed by atoms with Gasteiger partial charge in [0, 0.05) is 17.0 Å². The lowest BCUT2D eigenvalue weighted by molar-refractivity contribution is 0.0601. The molecule has 0 spiro atoms. The number of thiocarbonyl (C=S) groups is 1. The largest absolute Gasteiger partial charge is 0.465 e. The maximum atomic E-state index is 13.7. The molecule has 1 unspecified atom stereocenters. The first-order chi connectivity index (χ1) is 12.5. The second-order valence-electron chi connectivity index (χ2n) is 6.45. The molecule has 1 atom stereocenters. The molecule has 0 saturated carbocycles. The van der Waals surface area contributed by atoms with Crippen LogP contribution in [-0.4, -0.2) is 18.2 Å². The van der Waals surface area contributed by atoms with Crippen molar-refractivity contribution in [3.05, 3.63) is 51.7 Å². The number of fused-ring (bicyclic) bond motifs is 1. The summed E-state index contributed by atoms with van der Waals surface area (Å²) < 4.78 is 18.7. The molecule has 0 bridgehead atoms. The highest BCUT2D eigenvalue weighted by molar-refractivity contribution is 7.80. The van der Waals surface area contributed by atoms with Gasteiger partial charge in [-0.25, -0.2) is 9.18 Å². The molecular formula is C19H21FN2O2S2. The van der Waals surface area contributed by atoms with Crippen LogP contribution in [0, 0.1) is 11.7 Å². The zero-order chi connectivity index (χ0) is 18.7. The average molecular weight is 393 g/mol. The molecule has 0 radical (unpaired) electrons. The third-order valence-corrected chi connectivity index (χ3v) is 5.94. The van der Waals surface area contributed by atoms with Crippen molar-refractivity contribution in [2.75, 3.05) is 12.4 Å². The summed E-state index contributed by atoms with van der Waals surface area (Å²) in [6.45, 7) is 2.49. The fourth-order valence-corrected chi connectivity index (χ4v) is 4.76. The Bertz CT molecular complexity index is 835. The molecule has 0 amide bonds. The van der Waals surface area contributed by atoms with Crippen molar-refractivity contribution in [1.82, 2.24) is 5.32 Å². The van der Waals surface area contributed by atoms with E-state index in [-0.39, 0.29) is 18.3 Å². The van der Waals surface area contributed by atoms with Gasteiger partial charge in [0.2, 0.25) is 0 Å². The predicted octanol–water partition coefficient (Wildman–Crippen LogP) is 4.29. The molecule has 26 heavy (non-hydrogen) atoms. The number of hydrogen-bond donors (Lipinski definition) is 2. The molecule has 2 aromatic rings. The number of halogens is 1. The average Bonchev–Trinajstić information content (AvgIpc) is 2.97. The Kier molecular flexibility index (Phi) is 5.88. The number of methoxy groups -OCH3 is 1. The number of ether oxygens (including phenoxy) is 1. The van der Waals surface area contributed by atoms with Gasteiger partial charge in [0.05, 0.1) is 12.7 Å². The van der Waals surface area contributed by atoms with Crippen LogP contribution in [0.15, 0.2) is 24.3 Å². The minimum Gasteiger partial charge on any atom is -0.465 e. The van der Waals surface area contributed by atoms with E-state index in [9.17, 15) is 9.18 Å². The van der Waals surface area contributed by atoms with Crippen LogP contribution in [-0.2, 0) is 24.1 Å². The molecule has 1 aliphatic carbocycles. The first-order valence-electron chi connectivity index (χ1n) is 8.50. The van der Waals surface area contributed by atoms with Gasteiger partial charge in [0.15, 0.2) is 5.11 Å². The maximum Gasteiger partial charge on any atom is 0.341 e. The zero-order valence-corrected chi connectivity index (χ0v) is 16.4. The van der Waals surface area contributed by atoms with Crippen molar-refractivity contribution in [3.63, 3.8) is 0 Å². The molecule has 0 aliphatic heterocycles. The second kappa shape index (κ2) is 8.14. The van der Waals surface area contributed by atoms with E-state index >= 15 is 0 Å². The second-order valence-corrected chi connectivity index (χ2v) is 7.96.